The molecule has 112 valence electrons. The molecule has 3 heteroatoms. The van der Waals surface area contributed by atoms with E-state index < -0.39 is 0 Å². The van der Waals surface area contributed by atoms with Gasteiger partial charge >= 0.3 is 0 Å². The fraction of sp³-hybridized carbons (Fsp3) is 0.500. The van der Waals surface area contributed by atoms with Gasteiger partial charge in [0, 0.05) is 24.5 Å². The molecule has 1 aliphatic rings. The highest BCUT2D eigenvalue weighted by Gasteiger charge is 2.24. The van der Waals surface area contributed by atoms with Crippen molar-refractivity contribution >= 4 is 16.7 Å². The van der Waals surface area contributed by atoms with Crippen LogP contribution in [-0.4, -0.2) is 31.2 Å². The van der Waals surface area contributed by atoms with E-state index in [4.69, 9.17) is 4.98 Å². The number of nitrogens with zero attached hydrogens (tertiary/aromatic N) is 2. The predicted molar refractivity (Wildman–Crippen MR) is 90.0 cm³/mol. The number of hydrogen-bond donors (Lipinski definition) is 1. The predicted octanol–water partition coefficient (Wildman–Crippen LogP) is 3.51. The van der Waals surface area contributed by atoms with E-state index in [0.29, 0.717) is 12.1 Å². The van der Waals surface area contributed by atoms with Crippen LogP contribution in [0.2, 0.25) is 0 Å². The maximum absolute atomic E-state index is 4.90. The Morgan fingerprint density at radius 3 is 2.57 bits per heavy atom. The summed E-state index contributed by atoms with van der Waals surface area (Å²) in [7, 11) is 4.28. The average molecular weight is 283 g/mol. The molecular weight excluding hydrogens is 258 g/mol. The van der Waals surface area contributed by atoms with Gasteiger partial charge in [0.25, 0.3) is 0 Å². The highest BCUT2D eigenvalue weighted by Crippen LogP contribution is 2.29. The normalized spacial score (nSPS) is 22.4. The van der Waals surface area contributed by atoms with Gasteiger partial charge in [0.2, 0.25) is 0 Å². The van der Waals surface area contributed by atoms with Gasteiger partial charge in [-0.2, -0.15) is 0 Å². The van der Waals surface area contributed by atoms with Crippen LogP contribution >= 0.6 is 0 Å². The molecule has 0 unspecified atom stereocenters. The van der Waals surface area contributed by atoms with Gasteiger partial charge in [0.1, 0.15) is 5.82 Å². The maximum Gasteiger partial charge on any atom is 0.132 e. The number of pyridine rings is 1. The lowest BCUT2D eigenvalue weighted by molar-refractivity contribution is 0.350. The van der Waals surface area contributed by atoms with Crippen molar-refractivity contribution in [3.63, 3.8) is 0 Å². The Bertz CT molecular complexity index is 615. The van der Waals surface area contributed by atoms with Crippen molar-refractivity contribution in [3.8, 4) is 0 Å². The van der Waals surface area contributed by atoms with E-state index in [1.807, 2.05) is 0 Å². The Hall–Kier alpha value is -1.61. The second kappa shape index (κ2) is 6.02. The van der Waals surface area contributed by atoms with Crippen LogP contribution in [0, 0.1) is 6.92 Å². The Balaban J connectivity index is 1.84. The van der Waals surface area contributed by atoms with Gasteiger partial charge < -0.3 is 10.2 Å². The first-order chi connectivity index (χ1) is 10.2. The smallest absolute Gasteiger partial charge is 0.132 e. The molecule has 0 atom stereocenters. The number of hydrogen-bond acceptors (Lipinski definition) is 3. The van der Waals surface area contributed by atoms with Crippen LogP contribution in [0.25, 0.3) is 10.9 Å². The Morgan fingerprint density at radius 2 is 1.86 bits per heavy atom. The molecule has 0 bridgehead atoms. The fourth-order valence-corrected chi connectivity index (χ4v) is 3.49. The minimum Gasteiger partial charge on any atom is -0.356 e. The zero-order valence-corrected chi connectivity index (χ0v) is 13.3. The van der Waals surface area contributed by atoms with Gasteiger partial charge in [0.05, 0.1) is 5.52 Å². The number of aromatic nitrogens is 1. The van der Waals surface area contributed by atoms with Crippen molar-refractivity contribution in [1.29, 1.82) is 0 Å². The molecule has 1 aromatic heterocycles. The summed E-state index contributed by atoms with van der Waals surface area (Å²) in [5, 5.41) is 4.63. The Kier molecular flexibility index (Phi) is 4.11. The SMILES string of the molecule is CNC1CCC(N(C)c2nc3ccccc3cc2C)CC1. The first-order valence-corrected chi connectivity index (χ1v) is 7.95. The molecule has 1 saturated carbocycles. The first kappa shape index (κ1) is 14.3. The van der Waals surface area contributed by atoms with Crippen molar-refractivity contribution in [1.82, 2.24) is 10.3 Å². The van der Waals surface area contributed by atoms with Crippen LogP contribution in [0.15, 0.2) is 30.3 Å². The number of anilines is 1. The molecule has 1 aliphatic carbocycles. The molecule has 2 aromatic rings. The molecule has 21 heavy (non-hydrogen) atoms. The maximum atomic E-state index is 4.90. The monoisotopic (exact) mass is 283 g/mol. The van der Waals surface area contributed by atoms with Gasteiger partial charge in [-0.1, -0.05) is 18.2 Å². The van der Waals surface area contributed by atoms with E-state index in [0.717, 1.165) is 11.3 Å². The lowest BCUT2D eigenvalue weighted by Crippen LogP contribution is -2.40. The van der Waals surface area contributed by atoms with Crippen LogP contribution in [0.4, 0.5) is 5.82 Å². The molecule has 0 aliphatic heterocycles. The zero-order chi connectivity index (χ0) is 14.8. The lowest BCUT2D eigenvalue weighted by Gasteiger charge is -2.36. The summed E-state index contributed by atoms with van der Waals surface area (Å²) in [6.07, 6.45) is 5.02. The standard InChI is InChI=1S/C18H25N3/c1-13-12-14-6-4-5-7-17(14)20-18(13)21(3)16-10-8-15(19-2)9-11-16/h4-7,12,15-16,19H,8-11H2,1-3H3. The third-order valence-electron chi connectivity index (χ3n) is 4.87. The minimum absolute atomic E-state index is 0.613. The fourth-order valence-electron chi connectivity index (χ4n) is 3.49. The quantitative estimate of drug-likeness (QED) is 0.934. The van der Waals surface area contributed by atoms with Crippen molar-refractivity contribution < 1.29 is 0 Å². The van der Waals surface area contributed by atoms with E-state index in [2.05, 4.69) is 61.6 Å². The van der Waals surface area contributed by atoms with E-state index in [-0.39, 0.29) is 0 Å². The van der Waals surface area contributed by atoms with Crippen molar-refractivity contribution in [2.45, 2.75) is 44.7 Å². The van der Waals surface area contributed by atoms with Gasteiger partial charge in [-0.25, -0.2) is 4.98 Å². The third kappa shape index (κ3) is 2.88. The number of para-hydroxylation sites is 1. The summed E-state index contributed by atoms with van der Waals surface area (Å²) in [6, 6.07) is 11.9. The molecule has 1 heterocycles. The highest BCUT2D eigenvalue weighted by molar-refractivity contribution is 5.81. The average Bonchev–Trinajstić information content (AvgIpc) is 2.53. The van der Waals surface area contributed by atoms with E-state index in [1.165, 1.54) is 36.6 Å². The number of nitrogens with one attached hydrogen (secondary N) is 1. The molecule has 0 saturated heterocycles. The second-order valence-corrected chi connectivity index (χ2v) is 6.23. The molecule has 1 fully saturated rings. The van der Waals surface area contributed by atoms with Gasteiger partial charge in [-0.15, -0.1) is 0 Å². The topological polar surface area (TPSA) is 28.2 Å². The van der Waals surface area contributed by atoms with Gasteiger partial charge in [0.15, 0.2) is 0 Å². The number of rotatable bonds is 3. The van der Waals surface area contributed by atoms with Crippen LogP contribution in [0.5, 0.6) is 0 Å². The molecule has 0 amide bonds. The largest absolute Gasteiger partial charge is 0.356 e. The van der Waals surface area contributed by atoms with Crippen LogP contribution in [-0.2, 0) is 0 Å². The molecule has 0 radical (unpaired) electrons. The minimum atomic E-state index is 0.613. The van der Waals surface area contributed by atoms with Crippen LogP contribution < -0.4 is 10.2 Å². The van der Waals surface area contributed by atoms with Crippen molar-refractivity contribution in [3.05, 3.63) is 35.9 Å². The summed E-state index contributed by atoms with van der Waals surface area (Å²) in [5.74, 6) is 1.14. The Labute approximate surface area is 127 Å². The number of benzene rings is 1. The van der Waals surface area contributed by atoms with E-state index in [1.54, 1.807) is 0 Å². The van der Waals surface area contributed by atoms with Gasteiger partial charge in [-0.3, -0.25) is 0 Å². The summed E-state index contributed by atoms with van der Waals surface area (Å²) in [5.41, 5.74) is 2.36. The Morgan fingerprint density at radius 1 is 1.14 bits per heavy atom. The lowest BCUT2D eigenvalue weighted by atomic mass is 9.90. The van der Waals surface area contributed by atoms with E-state index >= 15 is 0 Å². The number of aryl methyl sites for hydroxylation is 1. The molecule has 3 nitrogen and oxygen atoms in total. The van der Waals surface area contributed by atoms with E-state index in [9.17, 15) is 0 Å². The summed E-state index contributed by atoms with van der Waals surface area (Å²) < 4.78 is 0. The molecule has 1 aromatic carbocycles. The van der Waals surface area contributed by atoms with Crippen LogP contribution in [0.3, 0.4) is 0 Å². The summed E-state index contributed by atoms with van der Waals surface area (Å²) in [6.45, 7) is 2.17. The third-order valence-corrected chi connectivity index (χ3v) is 4.87. The first-order valence-electron chi connectivity index (χ1n) is 7.95. The summed E-state index contributed by atoms with van der Waals surface area (Å²) >= 11 is 0. The van der Waals surface area contributed by atoms with Crippen LogP contribution in [0.1, 0.15) is 31.2 Å². The zero-order valence-electron chi connectivity index (χ0n) is 13.3. The molecule has 1 N–H and O–H groups in total. The molecular formula is C18H25N3. The number of fused-ring (bicyclic) bond motifs is 1. The van der Waals surface area contributed by atoms with Gasteiger partial charge in [-0.05, 0) is 57.4 Å². The van der Waals surface area contributed by atoms with Crippen molar-refractivity contribution in [2.75, 3.05) is 19.0 Å². The second-order valence-electron chi connectivity index (χ2n) is 6.23. The van der Waals surface area contributed by atoms with Crippen molar-refractivity contribution in [2.24, 2.45) is 0 Å². The molecule has 0 spiro atoms. The summed E-state index contributed by atoms with van der Waals surface area (Å²) in [4.78, 5) is 7.30. The highest BCUT2D eigenvalue weighted by atomic mass is 15.2. The molecule has 3 rings (SSSR count).